The molecule has 1 aliphatic rings. The molecule has 0 radical (unpaired) electrons. The summed E-state index contributed by atoms with van der Waals surface area (Å²) in [5, 5.41) is 0. The molecule has 1 atom stereocenters. The highest BCUT2D eigenvalue weighted by Gasteiger charge is 2.58. The Hall–Kier alpha value is 0.135. The SMILES string of the molecule is CCCCCCCC(B1OC(C)(C)C(C)(C)O1)P(=O)(OC)OC. The number of unbranched alkanes of at least 4 members (excludes halogenated alkanes) is 4. The second-order valence-corrected chi connectivity index (χ2v) is 9.77. The molecule has 1 aliphatic heterocycles. The van der Waals surface area contributed by atoms with E-state index in [0.717, 1.165) is 12.8 Å². The van der Waals surface area contributed by atoms with E-state index >= 15 is 0 Å². The molecule has 0 aromatic heterocycles. The maximum absolute atomic E-state index is 13.0. The summed E-state index contributed by atoms with van der Waals surface area (Å²) < 4.78 is 35.7. The summed E-state index contributed by atoms with van der Waals surface area (Å²) in [5.41, 5.74) is -1.31. The molecule has 1 rings (SSSR count). The Morgan fingerprint density at radius 1 is 0.957 bits per heavy atom. The van der Waals surface area contributed by atoms with Crippen molar-refractivity contribution in [2.75, 3.05) is 14.2 Å². The van der Waals surface area contributed by atoms with Gasteiger partial charge in [0.15, 0.2) is 0 Å². The fourth-order valence-electron chi connectivity index (χ4n) is 2.79. The largest absolute Gasteiger partial charge is 0.473 e. The van der Waals surface area contributed by atoms with Crippen LogP contribution in [0.2, 0.25) is 0 Å². The highest BCUT2D eigenvalue weighted by Crippen LogP contribution is 2.56. The van der Waals surface area contributed by atoms with Crippen molar-refractivity contribution in [1.82, 2.24) is 0 Å². The van der Waals surface area contributed by atoms with Gasteiger partial charge in [0, 0.05) is 14.2 Å². The van der Waals surface area contributed by atoms with Crippen molar-refractivity contribution < 1.29 is 22.9 Å². The van der Waals surface area contributed by atoms with Gasteiger partial charge in [-0.25, -0.2) is 0 Å². The lowest BCUT2D eigenvalue weighted by Gasteiger charge is -2.32. The average Bonchev–Trinajstić information content (AvgIpc) is 2.70. The molecule has 0 spiro atoms. The van der Waals surface area contributed by atoms with Crippen molar-refractivity contribution in [1.29, 1.82) is 0 Å². The molecule has 7 heteroatoms. The van der Waals surface area contributed by atoms with Gasteiger partial charge < -0.3 is 18.4 Å². The zero-order valence-electron chi connectivity index (χ0n) is 15.9. The topological polar surface area (TPSA) is 54.0 Å². The Balaban J connectivity index is 2.83. The van der Waals surface area contributed by atoms with E-state index < -0.39 is 31.5 Å². The van der Waals surface area contributed by atoms with E-state index in [1.165, 1.54) is 33.5 Å². The molecular formula is C16H34BO5P. The van der Waals surface area contributed by atoms with Gasteiger partial charge in [0.05, 0.1) is 16.8 Å². The van der Waals surface area contributed by atoms with Crippen LogP contribution in [0.1, 0.15) is 73.1 Å². The van der Waals surface area contributed by atoms with Gasteiger partial charge in [0.2, 0.25) is 0 Å². The van der Waals surface area contributed by atoms with E-state index in [4.69, 9.17) is 18.4 Å². The Bertz CT molecular complexity index is 389. The fraction of sp³-hybridized carbons (Fsp3) is 1.00. The molecule has 23 heavy (non-hydrogen) atoms. The predicted octanol–water partition coefficient (Wildman–Crippen LogP) is 4.83. The summed E-state index contributed by atoms with van der Waals surface area (Å²) in [5.74, 6) is 0. The van der Waals surface area contributed by atoms with Gasteiger partial charge in [-0.05, 0) is 34.1 Å². The molecule has 1 saturated heterocycles. The second kappa shape index (κ2) is 8.49. The Morgan fingerprint density at radius 2 is 1.43 bits per heavy atom. The molecule has 1 heterocycles. The van der Waals surface area contributed by atoms with Crippen molar-refractivity contribution in [3.8, 4) is 0 Å². The van der Waals surface area contributed by atoms with E-state index in [9.17, 15) is 4.57 Å². The lowest BCUT2D eigenvalue weighted by molar-refractivity contribution is 0.00578. The first kappa shape index (κ1) is 21.2. The highest BCUT2D eigenvalue weighted by atomic mass is 31.2. The summed E-state index contributed by atoms with van der Waals surface area (Å²) in [6.45, 7) is 10.2. The molecule has 0 amide bonds. The minimum Gasteiger partial charge on any atom is -0.403 e. The number of hydrogen-bond donors (Lipinski definition) is 0. The van der Waals surface area contributed by atoms with Gasteiger partial charge in [-0.1, -0.05) is 39.0 Å². The summed E-state index contributed by atoms with van der Waals surface area (Å²) >= 11 is 0. The zero-order chi connectivity index (χ0) is 17.7. The minimum atomic E-state index is -3.26. The first-order valence-electron chi connectivity index (χ1n) is 8.70. The molecular weight excluding hydrogens is 314 g/mol. The third kappa shape index (κ3) is 5.05. The smallest absolute Gasteiger partial charge is 0.403 e. The van der Waals surface area contributed by atoms with E-state index in [1.54, 1.807) is 0 Å². The standard InChI is InChI=1S/C16H34BO5P/c1-8-9-10-11-12-13-14(23(18,19-6)20-7)17-21-15(2,3)16(4,5)22-17/h14H,8-13H2,1-7H3. The van der Waals surface area contributed by atoms with Gasteiger partial charge in [-0.2, -0.15) is 0 Å². The molecule has 5 nitrogen and oxygen atoms in total. The molecule has 0 aliphatic carbocycles. The lowest BCUT2D eigenvalue weighted by atomic mass is 9.81. The van der Waals surface area contributed by atoms with Crippen molar-refractivity contribution in [2.45, 2.75) is 89.9 Å². The quantitative estimate of drug-likeness (QED) is 0.321. The normalized spacial score (nSPS) is 21.6. The van der Waals surface area contributed by atoms with Crippen LogP contribution < -0.4 is 0 Å². The van der Waals surface area contributed by atoms with E-state index in [1.807, 2.05) is 27.7 Å². The van der Waals surface area contributed by atoms with Crippen LogP contribution in [0.15, 0.2) is 0 Å². The van der Waals surface area contributed by atoms with Gasteiger partial charge in [0.1, 0.15) is 0 Å². The number of hydrogen-bond acceptors (Lipinski definition) is 5. The monoisotopic (exact) mass is 348 g/mol. The van der Waals surface area contributed by atoms with Crippen LogP contribution in [0.4, 0.5) is 0 Å². The van der Waals surface area contributed by atoms with E-state index in [2.05, 4.69) is 6.92 Å². The van der Waals surface area contributed by atoms with Gasteiger partial charge in [0.25, 0.3) is 0 Å². The van der Waals surface area contributed by atoms with E-state index in [0.29, 0.717) is 6.42 Å². The lowest BCUT2D eigenvalue weighted by Crippen LogP contribution is -2.41. The van der Waals surface area contributed by atoms with Crippen LogP contribution in [0, 0.1) is 0 Å². The second-order valence-electron chi connectivity index (χ2n) is 7.30. The summed E-state index contributed by atoms with van der Waals surface area (Å²) in [6, 6.07) is 0. The van der Waals surface area contributed by atoms with Crippen LogP contribution >= 0.6 is 7.60 Å². The third-order valence-corrected chi connectivity index (χ3v) is 7.44. The van der Waals surface area contributed by atoms with Crippen molar-refractivity contribution in [3.63, 3.8) is 0 Å². The average molecular weight is 348 g/mol. The Morgan fingerprint density at radius 3 is 1.87 bits per heavy atom. The molecule has 0 aromatic rings. The molecule has 0 aromatic carbocycles. The van der Waals surface area contributed by atoms with Crippen LogP contribution in [0.5, 0.6) is 0 Å². The van der Waals surface area contributed by atoms with Gasteiger partial charge >= 0.3 is 14.7 Å². The highest BCUT2D eigenvalue weighted by molar-refractivity contribution is 7.57. The molecule has 0 saturated carbocycles. The summed E-state index contributed by atoms with van der Waals surface area (Å²) in [6.07, 6.45) is 6.40. The first-order valence-corrected chi connectivity index (χ1v) is 10.3. The molecule has 1 unspecified atom stereocenters. The van der Waals surface area contributed by atoms with Crippen LogP contribution in [-0.4, -0.2) is 38.1 Å². The van der Waals surface area contributed by atoms with Crippen molar-refractivity contribution in [3.05, 3.63) is 0 Å². The molecule has 136 valence electrons. The van der Waals surface area contributed by atoms with Crippen LogP contribution in [0.25, 0.3) is 0 Å². The zero-order valence-corrected chi connectivity index (χ0v) is 16.8. The first-order chi connectivity index (χ1) is 10.6. The van der Waals surface area contributed by atoms with Crippen molar-refractivity contribution >= 4 is 14.7 Å². The minimum absolute atomic E-state index is 0.403. The van der Waals surface area contributed by atoms with Crippen molar-refractivity contribution in [2.24, 2.45) is 0 Å². The predicted molar refractivity (Wildman–Crippen MR) is 94.9 cm³/mol. The fourth-order valence-corrected chi connectivity index (χ4v) is 4.40. The number of rotatable bonds is 10. The third-order valence-electron chi connectivity index (χ3n) is 5.10. The van der Waals surface area contributed by atoms with Gasteiger partial charge in [-0.15, -0.1) is 0 Å². The molecule has 0 N–H and O–H groups in total. The summed E-state index contributed by atoms with van der Waals surface area (Å²) in [7, 11) is -0.971. The Labute approximate surface area is 142 Å². The molecule has 0 bridgehead atoms. The maximum Gasteiger partial charge on any atom is 0.473 e. The van der Waals surface area contributed by atoms with Gasteiger partial charge in [-0.3, -0.25) is 4.57 Å². The summed E-state index contributed by atoms with van der Waals surface area (Å²) in [4.78, 5) is 0. The van der Waals surface area contributed by atoms with Crippen LogP contribution in [-0.2, 0) is 22.9 Å². The molecule has 1 fully saturated rings. The van der Waals surface area contributed by atoms with E-state index in [-0.39, 0.29) is 0 Å². The maximum atomic E-state index is 13.0. The van der Waals surface area contributed by atoms with Crippen LogP contribution in [0.3, 0.4) is 0 Å². The Kier molecular flexibility index (Phi) is 7.81.